The lowest BCUT2D eigenvalue weighted by Crippen LogP contribution is -2.60. The molecule has 7 aliphatic rings. The van der Waals surface area contributed by atoms with E-state index in [0.717, 1.165) is 32.1 Å². The Morgan fingerprint density at radius 2 is 1.81 bits per heavy atom. The number of morpholine rings is 1. The van der Waals surface area contributed by atoms with Crippen molar-refractivity contribution in [3.63, 3.8) is 0 Å². The Bertz CT molecular complexity index is 1410. The van der Waals surface area contributed by atoms with Crippen LogP contribution in [0.5, 0.6) is 0 Å². The Kier molecular flexibility index (Phi) is 7.55. The molecule has 0 aromatic carbocycles. The number of nitrogens with zero attached hydrogens (tertiary/aromatic N) is 1. The molecular formula is C39H59NO8. The van der Waals surface area contributed by atoms with Crippen molar-refractivity contribution in [2.75, 3.05) is 19.7 Å². The zero-order chi connectivity index (χ0) is 34.2. The second-order valence-electron chi connectivity index (χ2n) is 18.8. The lowest BCUT2D eigenvalue weighted by atomic mass is 9.41. The monoisotopic (exact) mass is 669 g/mol. The first-order valence-electron chi connectivity index (χ1n) is 18.8. The van der Waals surface area contributed by atoms with Gasteiger partial charge >= 0.3 is 0 Å². The molecule has 1 aromatic heterocycles. The minimum atomic E-state index is -1.26. The molecule has 3 heterocycles. The second-order valence-corrected chi connectivity index (χ2v) is 18.8. The normalized spacial score (nSPS) is 50.0. The van der Waals surface area contributed by atoms with Crippen molar-refractivity contribution < 1.29 is 38.7 Å². The Morgan fingerprint density at radius 1 is 1.08 bits per heavy atom. The lowest BCUT2D eigenvalue weighted by Gasteiger charge is -2.64. The van der Waals surface area contributed by atoms with Gasteiger partial charge in [-0.15, -0.1) is 0 Å². The van der Waals surface area contributed by atoms with Gasteiger partial charge in [-0.2, -0.15) is 0 Å². The SMILES string of the molecule is CC1CC(C(O)C(C)(C)O)OC2C1C1(C)CCC34CC35CCC(OC3CN(C(=O)c6ccco6)CCO3)C(C)(C)C5CCC4C1(C)C2O. The molecular weight excluding hydrogens is 610 g/mol. The molecule has 9 heteroatoms. The van der Waals surface area contributed by atoms with E-state index >= 15 is 0 Å². The van der Waals surface area contributed by atoms with E-state index in [2.05, 4.69) is 34.6 Å². The summed E-state index contributed by atoms with van der Waals surface area (Å²) in [5, 5.41) is 34.1. The maximum atomic E-state index is 13.0. The Morgan fingerprint density at radius 3 is 2.52 bits per heavy atom. The molecule has 5 aliphatic carbocycles. The first-order chi connectivity index (χ1) is 22.5. The third kappa shape index (κ3) is 4.33. The van der Waals surface area contributed by atoms with Gasteiger partial charge in [0, 0.05) is 12.0 Å². The Labute approximate surface area is 286 Å². The predicted octanol–water partition coefficient (Wildman–Crippen LogP) is 5.41. The van der Waals surface area contributed by atoms with Crippen LogP contribution in [-0.2, 0) is 14.2 Å². The van der Waals surface area contributed by atoms with Gasteiger partial charge in [0.15, 0.2) is 12.1 Å². The molecule has 2 saturated heterocycles. The number of hydrogen-bond donors (Lipinski definition) is 3. The molecule has 5 saturated carbocycles. The van der Waals surface area contributed by atoms with E-state index in [-0.39, 0.29) is 57.0 Å². The highest BCUT2D eigenvalue weighted by Crippen LogP contribution is 2.89. The van der Waals surface area contributed by atoms with Crippen molar-refractivity contribution in [2.24, 2.45) is 50.7 Å². The van der Waals surface area contributed by atoms with E-state index in [1.165, 1.54) is 19.1 Å². The first kappa shape index (κ1) is 33.6. The van der Waals surface area contributed by atoms with Crippen LogP contribution in [0.3, 0.4) is 0 Å². The molecule has 8 rings (SSSR count). The van der Waals surface area contributed by atoms with Crippen LogP contribution in [0, 0.1) is 50.7 Å². The standard InChI is InChI=1S/C39H59NO8/c1-22-19-24(31(41)35(4,5)44)47-30-29(22)36(6)14-15-39-21-38(39)13-12-27(34(2,3)25(38)10-11-26(39)37(36,7)32(30)42)48-28-20-40(16-18-46-28)33(43)23-9-8-17-45-23/h8-9,17,22,24-32,41-42,44H,10-16,18-21H2,1-7H3. The van der Waals surface area contributed by atoms with Crippen LogP contribution in [0.15, 0.2) is 22.8 Å². The van der Waals surface area contributed by atoms with Gasteiger partial charge in [0.25, 0.3) is 5.91 Å². The summed E-state index contributed by atoms with van der Waals surface area (Å²) >= 11 is 0. The van der Waals surface area contributed by atoms with E-state index in [4.69, 9.17) is 18.6 Å². The summed E-state index contributed by atoms with van der Waals surface area (Å²) in [5.41, 5.74) is -1.16. The van der Waals surface area contributed by atoms with E-state index in [0.29, 0.717) is 43.7 Å². The molecule has 3 N–H and O–H groups in total. The van der Waals surface area contributed by atoms with Crippen molar-refractivity contribution >= 4 is 5.91 Å². The van der Waals surface area contributed by atoms with Gasteiger partial charge < -0.3 is 38.8 Å². The lowest BCUT2D eigenvalue weighted by molar-refractivity contribution is -0.245. The van der Waals surface area contributed by atoms with Crippen LogP contribution in [-0.4, -0.2) is 88.2 Å². The number of carbonyl (C=O) groups is 1. The van der Waals surface area contributed by atoms with E-state index < -0.39 is 30.2 Å². The highest BCUT2D eigenvalue weighted by molar-refractivity contribution is 5.91. The number of ether oxygens (including phenoxy) is 3. The van der Waals surface area contributed by atoms with Gasteiger partial charge in [0.05, 0.1) is 49.4 Å². The highest BCUT2D eigenvalue weighted by atomic mass is 16.7. The van der Waals surface area contributed by atoms with Crippen LogP contribution in [0.1, 0.15) is 110 Å². The van der Waals surface area contributed by atoms with E-state index in [9.17, 15) is 20.1 Å². The maximum Gasteiger partial charge on any atom is 0.289 e. The molecule has 1 amide bonds. The highest BCUT2D eigenvalue weighted by Gasteiger charge is 2.84. The van der Waals surface area contributed by atoms with Crippen LogP contribution in [0.2, 0.25) is 0 Å². The fourth-order valence-electron chi connectivity index (χ4n) is 13.8. The number of hydrogen-bond acceptors (Lipinski definition) is 8. The first-order valence-corrected chi connectivity index (χ1v) is 18.8. The summed E-state index contributed by atoms with van der Waals surface area (Å²) in [7, 11) is 0. The van der Waals surface area contributed by atoms with Crippen LogP contribution in [0.4, 0.5) is 0 Å². The number of furan rings is 1. The molecule has 2 spiro atoms. The smallest absolute Gasteiger partial charge is 0.289 e. The number of aliphatic hydroxyl groups excluding tert-OH is 2. The molecule has 1 aromatic rings. The van der Waals surface area contributed by atoms with Gasteiger partial charge in [-0.1, -0.05) is 34.6 Å². The molecule has 9 nitrogen and oxygen atoms in total. The molecule has 7 fully saturated rings. The summed E-state index contributed by atoms with van der Waals surface area (Å²) < 4.78 is 24.9. The van der Waals surface area contributed by atoms with Crippen molar-refractivity contribution in [2.45, 2.75) is 142 Å². The van der Waals surface area contributed by atoms with Gasteiger partial charge in [-0.25, -0.2) is 0 Å². The molecule has 14 atom stereocenters. The van der Waals surface area contributed by atoms with Gasteiger partial charge in [0.2, 0.25) is 0 Å². The molecule has 14 unspecified atom stereocenters. The van der Waals surface area contributed by atoms with Crippen LogP contribution < -0.4 is 0 Å². The fourth-order valence-corrected chi connectivity index (χ4v) is 13.8. The summed E-state index contributed by atoms with van der Waals surface area (Å²) in [6, 6.07) is 3.45. The van der Waals surface area contributed by atoms with E-state index in [1.807, 2.05) is 0 Å². The van der Waals surface area contributed by atoms with Crippen molar-refractivity contribution in [1.29, 1.82) is 0 Å². The van der Waals surface area contributed by atoms with Gasteiger partial charge in [0.1, 0.15) is 6.10 Å². The zero-order valence-corrected chi connectivity index (χ0v) is 30.1. The summed E-state index contributed by atoms with van der Waals surface area (Å²) in [4.78, 5) is 14.8. The van der Waals surface area contributed by atoms with Crippen molar-refractivity contribution in [1.82, 2.24) is 4.90 Å². The molecule has 268 valence electrons. The third-order valence-corrected chi connectivity index (χ3v) is 16.2. The largest absolute Gasteiger partial charge is 0.459 e. The minimum absolute atomic E-state index is 0.0451. The van der Waals surface area contributed by atoms with Crippen LogP contribution >= 0.6 is 0 Å². The summed E-state index contributed by atoms with van der Waals surface area (Å²) in [6.07, 6.45) is 7.26. The van der Waals surface area contributed by atoms with Crippen molar-refractivity contribution in [3.8, 4) is 0 Å². The maximum absolute atomic E-state index is 13.0. The minimum Gasteiger partial charge on any atom is -0.459 e. The number of rotatable bonds is 5. The molecule has 0 radical (unpaired) electrons. The zero-order valence-electron chi connectivity index (χ0n) is 30.1. The predicted molar refractivity (Wildman–Crippen MR) is 178 cm³/mol. The number of aliphatic hydroxyl groups is 3. The summed E-state index contributed by atoms with van der Waals surface area (Å²) in [5.74, 6) is 1.69. The third-order valence-electron chi connectivity index (χ3n) is 16.2. The Balaban J connectivity index is 1.01. The van der Waals surface area contributed by atoms with Crippen LogP contribution in [0.25, 0.3) is 0 Å². The van der Waals surface area contributed by atoms with Gasteiger partial charge in [-0.05, 0) is 123 Å². The fraction of sp³-hybridized carbons (Fsp3) is 0.872. The second kappa shape index (κ2) is 10.8. The summed E-state index contributed by atoms with van der Waals surface area (Å²) in [6.45, 7) is 16.6. The average molecular weight is 670 g/mol. The number of amides is 1. The van der Waals surface area contributed by atoms with E-state index in [1.54, 1.807) is 30.9 Å². The Hall–Kier alpha value is -1.49. The molecule has 0 bridgehead atoms. The topological polar surface area (TPSA) is 122 Å². The number of carbonyl (C=O) groups excluding carboxylic acids is 1. The molecule has 2 aliphatic heterocycles. The van der Waals surface area contributed by atoms with Crippen molar-refractivity contribution in [3.05, 3.63) is 24.2 Å². The molecule has 48 heavy (non-hydrogen) atoms. The quantitative estimate of drug-likeness (QED) is 0.381. The average Bonchev–Trinajstić information content (AvgIpc) is 3.29. The number of fused-ring (bicyclic) bond motifs is 4. The van der Waals surface area contributed by atoms with Gasteiger partial charge in [-0.3, -0.25) is 4.79 Å².